The minimum atomic E-state index is 0.268. The Morgan fingerprint density at radius 3 is 3.07 bits per heavy atom. The van der Waals surface area contributed by atoms with Gasteiger partial charge in [0.25, 0.3) is 0 Å². The number of aliphatic hydroxyl groups is 1. The first-order chi connectivity index (χ1) is 6.72. The summed E-state index contributed by atoms with van der Waals surface area (Å²) in [6.45, 7) is 3.20. The van der Waals surface area contributed by atoms with Gasteiger partial charge in [0.15, 0.2) is 5.13 Å². The maximum absolute atomic E-state index is 8.81. The number of nitrogens with one attached hydrogen (secondary N) is 1. The highest BCUT2D eigenvalue weighted by atomic mass is 32.1. The average molecular weight is 215 g/mol. The van der Waals surface area contributed by atoms with E-state index >= 15 is 0 Å². The number of aromatic nitrogens is 1. The van der Waals surface area contributed by atoms with Gasteiger partial charge in [-0.15, -0.1) is 0 Å². The Bertz CT molecular complexity index is 264. The first-order valence-corrected chi connectivity index (χ1v) is 5.60. The van der Waals surface area contributed by atoms with Crippen LogP contribution in [0.15, 0.2) is 6.20 Å². The smallest absolute Gasteiger partial charge is 0.184 e. The van der Waals surface area contributed by atoms with E-state index in [0.717, 1.165) is 29.5 Å². The van der Waals surface area contributed by atoms with E-state index < -0.39 is 0 Å². The first-order valence-electron chi connectivity index (χ1n) is 4.78. The van der Waals surface area contributed by atoms with Crippen LogP contribution in [0.25, 0.3) is 0 Å². The molecule has 0 bridgehead atoms. The molecule has 4 nitrogen and oxygen atoms in total. The van der Waals surface area contributed by atoms with Gasteiger partial charge in [-0.2, -0.15) is 0 Å². The zero-order valence-electron chi connectivity index (χ0n) is 8.36. The monoisotopic (exact) mass is 215 g/mol. The number of thiazole rings is 1. The fraction of sp³-hybridized carbons (Fsp3) is 0.667. The van der Waals surface area contributed by atoms with E-state index in [4.69, 9.17) is 10.8 Å². The van der Waals surface area contributed by atoms with Gasteiger partial charge < -0.3 is 16.2 Å². The van der Waals surface area contributed by atoms with Crippen LogP contribution in [0.4, 0.5) is 10.1 Å². The number of aliphatic hydroxyl groups excluding tert-OH is 1. The predicted octanol–water partition coefficient (Wildman–Crippen LogP) is 1.55. The second-order valence-corrected chi connectivity index (χ2v) is 4.49. The van der Waals surface area contributed by atoms with Crippen LogP contribution in [-0.4, -0.2) is 23.2 Å². The zero-order valence-corrected chi connectivity index (χ0v) is 9.18. The lowest BCUT2D eigenvalue weighted by Crippen LogP contribution is -2.06. The molecule has 1 rings (SSSR count). The molecule has 5 heteroatoms. The van der Waals surface area contributed by atoms with E-state index in [2.05, 4.69) is 10.3 Å². The Hall–Kier alpha value is -0.810. The van der Waals surface area contributed by atoms with Gasteiger partial charge in [-0.3, -0.25) is 0 Å². The number of nitrogens with two attached hydrogens (primary N) is 1. The maximum Gasteiger partial charge on any atom is 0.184 e. The van der Waals surface area contributed by atoms with Crippen molar-refractivity contribution >= 4 is 21.5 Å². The number of anilines is 2. The second kappa shape index (κ2) is 5.82. The topological polar surface area (TPSA) is 71.2 Å². The third kappa shape index (κ3) is 3.93. The Morgan fingerprint density at radius 2 is 2.50 bits per heavy atom. The molecule has 4 N–H and O–H groups in total. The Balaban J connectivity index is 2.10. The number of hydrogen-bond acceptors (Lipinski definition) is 5. The van der Waals surface area contributed by atoms with Crippen LogP contribution in [-0.2, 0) is 0 Å². The zero-order chi connectivity index (χ0) is 10.4. The van der Waals surface area contributed by atoms with Gasteiger partial charge in [-0.1, -0.05) is 18.3 Å². The van der Waals surface area contributed by atoms with Crippen molar-refractivity contribution in [2.45, 2.75) is 19.8 Å². The number of hydrogen-bond donors (Lipinski definition) is 3. The molecule has 1 atom stereocenters. The predicted molar refractivity (Wildman–Crippen MR) is 60.5 cm³/mol. The molecule has 0 aliphatic rings. The molecule has 14 heavy (non-hydrogen) atoms. The van der Waals surface area contributed by atoms with Crippen molar-refractivity contribution in [3.8, 4) is 0 Å². The fourth-order valence-corrected chi connectivity index (χ4v) is 1.71. The van der Waals surface area contributed by atoms with Crippen molar-refractivity contribution in [3.05, 3.63) is 6.20 Å². The highest BCUT2D eigenvalue weighted by Gasteiger charge is 2.00. The molecule has 0 aliphatic heterocycles. The van der Waals surface area contributed by atoms with Crippen LogP contribution in [0.5, 0.6) is 0 Å². The largest absolute Gasteiger partial charge is 0.396 e. The number of rotatable bonds is 6. The van der Waals surface area contributed by atoms with E-state index in [1.54, 1.807) is 6.20 Å². The standard InChI is InChI=1S/C9H17N3OS/c1-7(6-13)3-2-4-11-9-12-5-8(10)14-9/h5,7,13H,2-4,6,10H2,1H3,(H,11,12). The maximum atomic E-state index is 8.81. The van der Waals surface area contributed by atoms with E-state index in [1.165, 1.54) is 11.3 Å². The van der Waals surface area contributed by atoms with Gasteiger partial charge >= 0.3 is 0 Å². The lowest BCUT2D eigenvalue weighted by molar-refractivity contribution is 0.229. The SMILES string of the molecule is CC(CO)CCCNc1ncc(N)s1. The summed E-state index contributed by atoms with van der Waals surface area (Å²) in [6, 6.07) is 0. The average Bonchev–Trinajstić information content (AvgIpc) is 2.58. The molecule has 0 spiro atoms. The fourth-order valence-electron chi connectivity index (χ4n) is 1.11. The van der Waals surface area contributed by atoms with Crippen LogP contribution in [0.1, 0.15) is 19.8 Å². The van der Waals surface area contributed by atoms with E-state index in [1.807, 2.05) is 6.92 Å². The van der Waals surface area contributed by atoms with Crippen molar-refractivity contribution in [1.29, 1.82) is 0 Å². The minimum Gasteiger partial charge on any atom is -0.396 e. The van der Waals surface area contributed by atoms with Crippen LogP contribution < -0.4 is 11.1 Å². The summed E-state index contributed by atoms with van der Waals surface area (Å²) in [6.07, 6.45) is 3.73. The molecule has 0 amide bonds. The molecule has 80 valence electrons. The van der Waals surface area contributed by atoms with Crippen LogP contribution in [0, 0.1) is 5.92 Å². The highest BCUT2D eigenvalue weighted by molar-refractivity contribution is 7.19. The van der Waals surface area contributed by atoms with Crippen molar-refractivity contribution < 1.29 is 5.11 Å². The Labute approximate surface area is 88.2 Å². The van der Waals surface area contributed by atoms with E-state index in [-0.39, 0.29) is 6.61 Å². The van der Waals surface area contributed by atoms with Gasteiger partial charge in [0, 0.05) is 13.2 Å². The normalized spacial score (nSPS) is 12.7. The van der Waals surface area contributed by atoms with E-state index in [9.17, 15) is 0 Å². The van der Waals surface area contributed by atoms with Gasteiger partial charge in [0.05, 0.1) is 6.20 Å². The Morgan fingerprint density at radius 1 is 1.71 bits per heavy atom. The molecule has 0 saturated heterocycles. The molecular formula is C9H17N3OS. The lowest BCUT2D eigenvalue weighted by atomic mass is 10.1. The molecule has 1 aromatic heterocycles. The van der Waals surface area contributed by atoms with Gasteiger partial charge in [-0.05, 0) is 18.8 Å². The number of nitrogens with zero attached hydrogens (tertiary/aromatic N) is 1. The molecule has 0 saturated carbocycles. The highest BCUT2D eigenvalue weighted by Crippen LogP contribution is 2.19. The quantitative estimate of drug-likeness (QED) is 0.630. The van der Waals surface area contributed by atoms with Gasteiger partial charge in [0.1, 0.15) is 5.00 Å². The molecule has 1 heterocycles. The van der Waals surface area contributed by atoms with Gasteiger partial charge in [0.2, 0.25) is 0 Å². The summed E-state index contributed by atoms with van der Waals surface area (Å²) in [5.41, 5.74) is 5.54. The summed E-state index contributed by atoms with van der Waals surface area (Å²) in [7, 11) is 0. The third-order valence-corrected chi connectivity index (χ3v) is 2.77. The van der Waals surface area contributed by atoms with Crippen molar-refractivity contribution in [3.63, 3.8) is 0 Å². The summed E-state index contributed by atoms with van der Waals surface area (Å²) in [5.74, 6) is 0.387. The van der Waals surface area contributed by atoms with Crippen LogP contribution in [0.3, 0.4) is 0 Å². The first kappa shape index (κ1) is 11.3. The third-order valence-electron chi connectivity index (χ3n) is 1.99. The summed E-state index contributed by atoms with van der Waals surface area (Å²) < 4.78 is 0. The molecule has 0 fully saturated rings. The summed E-state index contributed by atoms with van der Waals surface area (Å²) in [5, 5.41) is 13.6. The molecule has 1 aromatic rings. The van der Waals surface area contributed by atoms with Crippen LogP contribution in [0.2, 0.25) is 0 Å². The van der Waals surface area contributed by atoms with Crippen molar-refractivity contribution in [2.75, 3.05) is 24.2 Å². The van der Waals surface area contributed by atoms with Crippen molar-refractivity contribution in [1.82, 2.24) is 4.98 Å². The molecule has 0 aliphatic carbocycles. The number of nitrogen functional groups attached to an aromatic ring is 1. The molecule has 0 aromatic carbocycles. The molecular weight excluding hydrogens is 198 g/mol. The van der Waals surface area contributed by atoms with Crippen LogP contribution >= 0.6 is 11.3 Å². The lowest BCUT2D eigenvalue weighted by Gasteiger charge is -2.07. The van der Waals surface area contributed by atoms with E-state index in [0.29, 0.717) is 5.92 Å². The molecule has 1 unspecified atom stereocenters. The minimum absolute atomic E-state index is 0.268. The van der Waals surface area contributed by atoms with Gasteiger partial charge in [-0.25, -0.2) is 4.98 Å². The summed E-state index contributed by atoms with van der Waals surface area (Å²) in [4.78, 5) is 4.09. The van der Waals surface area contributed by atoms with Crippen molar-refractivity contribution in [2.24, 2.45) is 5.92 Å². The Kier molecular flexibility index (Phi) is 4.69. The summed E-state index contributed by atoms with van der Waals surface area (Å²) >= 11 is 1.46. The second-order valence-electron chi connectivity index (χ2n) is 3.42. The molecule has 0 radical (unpaired) electrons.